The van der Waals surface area contributed by atoms with E-state index in [9.17, 15) is 9.59 Å². The normalized spacial score (nSPS) is 19.9. The molecule has 3 N–H and O–H groups in total. The van der Waals surface area contributed by atoms with E-state index in [4.69, 9.17) is 26.8 Å². The molecule has 0 bridgehead atoms. The molecular weight excluding hydrogens is 454 g/mol. The number of amides is 2. The summed E-state index contributed by atoms with van der Waals surface area (Å²) in [6.07, 6.45) is 5.26. The van der Waals surface area contributed by atoms with Crippen molar-refractivity contribution in [2.45, 2.75) is 57.2 Å². The molecule has 4 rings (SSSR count). The predicted molar refractivity (Wildman–Crippen MR) is 132 cm³/mol. The first kappa shape index (κ1) is 24.4. The maximum atomic E-state index is 13.8. The molecular formula is C26H32ClN3O4. The molecule has 0 atom stereocenters. The molecule has 2 aliphatic carbocycles. The van der Waals surface area contributed by atoms with Gasteiger partial charge in [0.25, 0.3) is 5.91 Å². The fraction of sp³-hybridized carbons (Fsp3) is 0.462. The van der Waals surface area contributed by atoms with Gasteiger partial charge in [0, 0.05) is 40.8 Å². The third-order valence-corrected chi connectivity index (χ3v) is 7.04. The topological polar surface area (TPSA) is 93.9 Å². The molecule has 2 aromatic carbocycles. The lowest BCUT2D eigenvalue weighted by molar-refractivity contribution is -0.117. The standard InChI is InChI=1S/C26H32ClN3O4/c1-33-23-12-5-17(14-24(23)34-2)26(32)30(21-9-6-19(28)7-10-21)15-18-13-20(8-11-22(18)27)29-25(31)16-3-4-16/h5,8,11-14,16,19,21H,3-4,6-7,9-10,15,28H2,1-2H3,(H,29,31). The first-order valence-electron chi connectivity index (χ1n) is 11.8. The van der Waals surface area contributed by atoms with Crippen LogP contribution in [0.4, 0.5) is 5.69 Å². The molecule has 2 amide bonds. The predicted octanol–water partition coefficient (Wildman–Crippen LogP) is 4.62. The summed E-state index contributed by atoms with van der Waals surface area (Å²) in [5.74, 6) is 1.10. The Labute approximate surface area is 205 Å². The molecule has 7 nitrogen and oxygen atoms in total. The molecule has 8 heteroatoms. The summed E-state index contributed by atoms with van der Waals surface area (Å²) < 4.78 is 10.7. The van der Waals surface area contributed by atoms with Crippen LogP contribution in [-0.2, 0) is 11.3 Å². The zero-order chi connectivity index (χ0) is 24.2. The van der Waals surface area contributed by atoms with E-state index in [0.717, 1.165) is 44.1 Å². The fourth-order valence-corrected chi connectivity index (χ4v) is 4.64. The van der Waals surface area contributed by atoms with Gasteiger partial charge in [0.15, 0.2) is 11.5 Å². The molecule has 2 aliphatic rings. The first-order chi connectivity index (χ1) is 16.4. The second kappa shape index (κ2) is 10.7. The highest BCUT2D eigenvalue weighted by molar-refractivity contribution is 6.31. The number of halogens is 1. The smallest absolute Gasteiger partial charge is 0.254 e. The van der Waals surface area contributed by atoms with E-state index in [1.807, 2.05) is 11.0 Å². The number of hydrogen-bond acceptors (Lipinski definition) is 5. The van der Waals surface area contributed by atoms with Crippen LogP contribution in [0.2, 0.25) is 5.02 Å². The SMILES string of the molecule is COc1ccc(C(=O)N(Cc2cc(NC(=O)C3CC3)ccc2Cl)C2CCC(N)CC2)cc1OC. The fourth-order valence-electron chi connectivity index (χ4n) is 4.46. The van der Waals surface area contributed by atoms with Crippen molar-refractivity contribution in [1.29, 1.82) is 0 Å². The summed E-state index contributed by atoms with van der Waals surface area (Å²) in [4.78, 5) is 27.9. The molecule has 0 spiro atoms. The Kier molecular flexibility index (Phi) is 7.63. The number of nitrogens with one attached hydrogen (secondary N) is 1. The van der Waals surface area contributed by atoms with Crippen molar-refractivity contribution in [2.75, 3.05) is 19.5 Å². The van der Waals surface area contributed by atoms with E-state index in [1.54, 1.807) is 44.6 Å². The average Bonchev–Trinajstić information content (AvgIpc) is 3.70. The van der Waals surface area contributed by atoms with E-state index in [-0.39, 0.29) is 29.8 Å². The zero-order valence-corrected chi connectivity index (χ0v) is 20.4. The molecule has 0 heterocycles. The van der Waals surface area contributed by atoms with Gasteiger partial charge in [-0.3, -0.25) is 9.59 Å². The summed E-state index contributed by atoms with van der Waals surface area (Å²) in [5, 5.41) is 3.53. The van der Waals surface area contributed by atoms with Crippen molar-refractivity contribution in [3.8, 4) is 11.5 Å². The van der Waals surface area contributed by atoms with Crippen LogP contribution in [0, 0.1) is 5.92 Å². The van der Waals surface area contributed by atoms with Crippen LogP contribution < -0.4 is 20.5 Å². The molecule has 0 radical (unpaired) electrons. The Balaban J connectivity index is 1.61. The van der Waals surface area contributed by atoms with E-state index >= 15 is 0 Å². The van der Waals surface area contributed by atoms with Crippen LogP contribution in [0.15, 0.2) is 36.4 Å². The number of carbonyl (C=O) groups excluding carboxylic acids is 2. The van der Waals surface area contributed by atoms with Crippen LogP contribution >= 0.6 is 11.6 Å². The van der Waals surface area contributed by atoms with Gasteiger partial charge in [-0.25, -0.2) is 0 Å². The minimum atomic E-state index is -0.107. The Morgan fingerprint density at radius 3 is 2.35 bits per heavy atom. The highest BCUT2D eigenvalue weighted by atomic mass is 35.5. The number of methoxy groups -OCH3 is 2. The second-order valence-electron chi connectivity index (χ2n) is 9.14. The van der Waals surface area contributed by atoms with Crippen molar-refractivity contribution in [2.24, 2.45) is 11.7 Å². The summed E-state index contributed by atoms with van der Waals surface area (Å²) in [6, 6.07) is 10.8. The average molecular weight is 486 g/mol. The maximum Gasteiger partial charge on any atom is 0.254 e. The summed E-state index contributed by atoms with van der Waals surface area (Å²) in [7, 11) is 3.11. The Morgan fingerprint density at radius 2 is 1.71 bits per heavy atom. The van der Waals surface area contributed by atoms with Gasteiger partial charge in [-0.05, 0) is 80.5 Å². The molecule has 182 valence electrons. The minimum absolute atomic E-state index is 0.0350. The Hall–Kier alpha value is -2.77. The highest BCUT2D eigenvalue weighted by Gasteiger charge is 2.31. The summed E-state index contributed by atoms with van der Waals surface area (Å²) in [5.41, 5.74) is 8.13. The molecule has 2 aromatic rings. The van der Waals surface area contributed by atoms with Crippen molar-refractivity contribution in [1.82, 2.24) is 4.90 Å². The van der Waals surface area contributed by atoms with Gasteiger partial charge in [0.1, 0.15) is 0 Å². The largest absolute Gasteiger partial charge is 0.493 e. The van der Waals surface area contributed by atoms with E-state index < -0.39 is 0 Å². The molecule has 2 saturated carbocycles. The lowest BCUT2D eigenvalue weighted by atomic mass is 9.90. The van der Waals surface area contributed by atoms with Crippen LogP contribution in [0.25, 0.3) is 0 Å². The van der Waals surface area contributed by atoms with Gasteiger partial charge in [-0.1, -0.05) is 11.6 Å². The van der Waals surface area contributed by atoms with Gasteiger partial charge < -0.3 is 25.4 Å². The lowest BCUT2D eigenvalue weighted by Gasteiger charge is -2.36. The third kappa shape index (κ3) is 5.65. The molecule has 34 heavy (non-hydrogen) atoms. The van der Waals surface area contributed by atoms with Gasteiger partial charge in [-0.2, -0.15) is 0 Å². The zero-order valence-electron chi connectivity index (χ0n) is 19.7. The van der Waals surface area contributed by atoms with Crippen molar-refractivity contribution in [3.05, 3.63) is 52.5 Å². The van der Waals surface area contributed by atoms with Gasteiger partial charge >= 0.3 is 0 Å². The van der Waals surface area contributed by atoms with E-state index in [1.165, 1.54) is 0 Å². The molecule has 0 unspecified atom stereocenters. The van der Waals surface area contributed by atoms with Crippen molar-refractivity contribution >= 4 is 29.1 Å². The number of hydrogen-bond donors (Lipinski definition) is 2. The van der Waals surface area contributed by atoms with Crippen LogP contribution in [0.3, 0.4) is 0 Å². The van der Waals surface area contributed by atoms with Crippen LogP contribution in [0.5, 0.6) is 11.5 Å². The minimum Gasteiger partial charge on any atom is -0.493 e. The van der Waals surface area contributed by atoms with E-state index in [2.05, 4.69) is 5.32 Å². The molecule has 2 fully saturated rings. The Bertz CT molecular complexity index is 1050. The first-order valence-corrected chi connectivity index (χ1v) is 12.1. The third-order valence-electron chi connectivity index (χ3n) is 6.68. The van der Waals surface area contributed by atoms with Gasteiger partial charge in [-0.15, -0.1) is 0 Å². The lowest BCUT2D eigenvalue weighted by Crippen LogP contribution is -2.44. The monoisotopic (exact) mass is 485 g/mol. The quantitative estimate of drug-likeness (QED) is 0.569. The number of rotatable bonds is 8. The van der Waals surface area contributed by atoms with Gasteiger partial charge in [0.05, 0.1) is 14.2 Å². The highest BCUT2D eigenvalue weighted by Crippen LogP contribution is 2.33. The number of ether oxygens (including phenoxy) is 2. The molecule has 0 aromatic heterocycles. The maximum absolute atomic E-state index is 13.8. The summed E-state index contributed by atoms with van der Waals surface area (Å²) >= 11 is 6.54. The van der Waals surface area contributed by atoms with Crippen molar-refractivity contribution < 1.29 is 19.1 Å². The number of benzene rings is 2. The van der Waals surface area contributed by atoms with Crippen LogP contribution in [0.1, 0.15) is 54.4 Å². The number of carbonyl (C=O) groups is 2. The van der Waals surface area contributed by atoms with E-state index in [0.29, 0.717) is 34.3 Å². The molecule has 0 saturated heterocycles. The Morgan fingerprint density at radius 1 is 1.00 bits per heavy atom. The molecule has 0 aliphatic heterocycles. The van der Waals surface area contributed by atoms with Crippen molar-refractivity contribution in [3.63, 3.8) is 0 Å². The van der Waals surface area contributed by atoms with Gasteiger partial charge in [0.2, 0.25) is 5.91 Å². The number of nitrogens with two attached hydrogens (primary N) is 1. The summed E-state index contributed by atoms with van der Waals surface area (Å²) in [6.45, 7) is 0.332. The number of anilines is 1. The van der Waals surface area contributed by atoms with Crippen LogP contribution in [-0.4, -0.2) is 43.0 Å². The second-order valence-corrected chi connectivity index (χ2v) is 9.55. The number of nitrogens with zero attached hydrogens (tertiary/aromatic N) is 1.